The SMILES string of the molecule is O=C(OCCOCCOCc1cn(CC(CO)(CO)Cn2cc(COCCOCCOC(=O)c3ccccc3)nn2)nn1)c1ccccc1. The average Bonchev–Trinajstić information content (AvgIpc) is 3.79. The van der Waals surface area contributed by atoms with Crippen LogP contribution in [-0.2, 0) is 54.7 Å². The first-order valence-electron chi connectivity index (χ1n) is 15.8. The van der Waals surface area contributed by atoms with Crippen LogP contribution in [0.1, 0.15) is 32.1 Å². The largest absolute Gasteiger partial charge is 0.460 e. The Hall–Kier alpha value is -4.58. The van der Waals surface area contributed by atoms with Gasteiger partial charge >= 0.3 is 11.9 Å². The van der Waals surface area contributed by atoms with Gasteiger partial charge in [-0.25, -0.2) is 9.59 Å². The number of rotatable bonds is 24. The van der Waals surface area contributed by atoms with E-state index in [1.54, 1.807) is 60.9 Å². The summed E-state index contributed by atoms with van der Waals surface area (Å²) in [4.78, 5) is 23.8. The van der Waals surface area contributed by atoms with Crippen molar-refractivity contribution in [2.75, 3.05) is 66.1 Å². The summed E-state index contributed by atoms with van der Waals surface area (Å²) in [6, 6.07) is 17.5. The maximum absolute atomic E-state index is 11.9. The second kappa shape index (κ2) is 20.7. The van der Waals surface area contributed by atoms with Gasteiger partial charge < -0.3 is 38.6 Å². The molecule has 0 saturated carbocycles. The highest BCUT2D eigenvalue weighted by molar-refractivity contribution is 5.89. The summed E-state index contributed by atoms with van der Waals surface area (Å²) in [6.45, 7) is 2.02. The fourth-order valence-electron chi connectivity index (χ4n) is 4.45. The number of nitrogens with zero attached hydrogens (tertiary/aromatic N) is 6. The zero-order valence-corrected chi connectivity index (χ0v) is 27.2. The van der Waals surface area contributed by atoms with Crippen LogP contribution >= 0.6 is 0 Å². The first-order chi connectivity index (χ1) is 24.0. The molecule has 0 unspecified atom stereocenters. The molecule has 0 bridgehead atoms. The first-order valence-corrected chi connectivity index (χ1v) is 15.8. The summed E-state index contributed by atoms with van der Waals surface area (Å²) in [6.07, 6.45) is 3.36. The van der Waals surface area contributed by atoms with Crippen molar-refractivity contribution in [1.82, 2.24) is 30.0 Å². The number of esters is 2. The minimum absolute atomic E-state index is 0.136. The van der Waals surface area contributed by atoms with Crippen molar-refractivity contribution >= 4 is 11.9 Å². The number of aliphatic hydroxyl groups excluding tert-OH is 2. The molecular weight excluding hydrogens is 640 g/mol. The highest BCUT2D eigenvalue weighted by atomic mass is 16.6. The molecule has 49 heavy (non-hydrogen) atoms. The molecule has 0 saturated heterocycles. The average molecular weight is 683 g/mol. The van der Waals surface area contributed by atoms with Crippen LogP contribution in [0.4, 0.5) is 0 Å². The van der Waals surface area contributed by atoms with E-state index >= 15 is 0 Å². The lowest BCUT2D eigenvalue weighted by Gasteiger charge is -2.28. The van der Waals surface area contributed by atoms with Crippen LogP contribution in [0, 0.1) is 5.41 Å². The lowest BCUT2D eigenvalue weighted by Crippen LogP contribution is -2.39. The van der Waals surface area contributed by atoms with Crippen LogP contribution < -0.4 is 0 Å². The number of aliphatic hydroxyl groups is 2. The van der Waals surface area contributed by atoms with Gasteiger partial charge in [0.15, 0.2) is 0 Å². The molecule has 0 fully saturated rings. The van der Waals surface area contributed by atoms with Crippen molar-refractivity contribution in [3.63, 3.8) is 0 Å². The molecule has 16 heteroatoms. The molecule has 4 aromatic rings. The third kappa shape index (κ3) is 13.1. The van der Waals surface area contributed by atoms with Crippen molar-refractivity contribution < 1.29 is 48.2 Å². The number of ether oxygens (including phenoxy) is 6. The zero-order chi connectivity index (χ0) is 34.6. The van der Waals surface area contributed by atoms with Crippen LogP contribution in [0.25, 0.3) is 0 Å². The fraction of sp³-hybridized carbons (Fsp3) is 0.455. The topological polar surface area (TPSA) is 191 Å². The van der Waals surface area contributed by atoms with Gasteiger partial charge in [0.25, 0.3) is 0 Å². The predicted molar refractivity (Wildman–Crippen MR) is 171 cm³/mol. The fourth-order valence-corrected chi connectivity index (χ4v) is 4.45. The summed E-state index contributed by atoms with van der Waals surface area (Å²) < 4.78 is 35.5. The lowest BCUT2D eigenvalue weighted by molar-refractivity contribution is 0.0109. The molecule has 0 aliphatic heterocycles. The Morgan fingerprint density at radius 3 is 1.37 bits per heavy atom. The maximum Gasteiger partial charge on any atom is 0.338 e. The van der Waals surface area contributed by atoms with Gasteiger partial charge in [0.1, 0.15) is 24.6 Å². The molecule has 264 valence electrons. The van der Waals surface area contributed by atoms with Crippen LogP contribution in [0.5, 0.6) is 0 Å². The molecule has 0 spiro atoms. The standard InChI is InChI=1S/C33H42N6O10/c40-25-33(26-41,23-38-19-29(34-36-38)21-46-13-11-44-15-17-48-31(42)27-7-3-1-4-8-27)24-39-20-30(35-37-39)22-47-14-12-45-16-18-49-32(43)28-9-5-2-6-10-28/h1-10,19-20,40-41H,11-18,21-26H2. The second-order valence-electron chi connectivity index (χ2n) is 11.0. The summed E-state index contributed by atoms with van der Waals surface area (Å²) >= 11 is 0. The molecule has 0 radical (unpaired) electrons. The van der Waals surface area contributed by atoms with E-state index in [0.29, 0.717) is 48.9 Å². The Bertz CT molecular complexity index is 1400. The number of hydrogen-bond donors (Lipinski definition) is 2. The molecule has 0 atom stereocenters. The van der Waals surface area contributed by atoms with Gasteiger partial charge in [0.05, 0.1) is 108 Å². The maximum atomic E-state index is 11.9. The van der Waals surface area contributed by atoms with E-state index in [9.17, 15) is 19.8 Å². The Balaban J connectivity index is 1.07. The monoisotopic (exact) mass is 682 g/mol. The number of carbonyl (C=O) groups is 2. The van der Waals surface area contributed by atoms with Crippen molar-refractivity contribution in [2.24, 2.45) is 5.41 Å². The molecule has 0 amide bonds. The Kier molecular flexibility index (Phi) is 15.7. The summed E-state index contributed by atoms with van der Waals surface area (Å²) in [7, 11) is 0. The smallest absolute Gasteiger partial charge is 0.338 e. The molecule has 2 heterocycles. The predicted octanol–water partition coefficient (Wildman–Crippen LogP) is 1.32. The summed E-state index contributed by atoms with van der Waals surface area (Å²) in [5, 5.41) is 36.8. The molecule has 0 aliphatic rings. The highest BCUT2D eigenvalue weighted by Crippen LogP contribution is 2.21. The van der Waals surface area contributed by atoms with Crippen LogP contribution in [-0.4, -0.2) is 118 Å². The van der Waals surface area contributed by atoms with Crippen molar-refractivity contribution in [2.45, 2.75) is 26.3 Å². The van der Waals surface area contributed by atoms with Gasteiger partial charge in [0.2, 0.25) is 0 Å². The van der Waals surface area contributed by atoms with E-state index in [-0.39, 0.29) is 65.9 Å². The van der Waals surface area contributed by atoms with Crippen LogP contribution in [0.15, 0.2) is 73.1 Å². The van der Waals surface area contributed by atoms with E-state index in [1.165, 1.54) is 9.36 Å². The van der Waals surface area contributed by atoms with E-state index in [0.717, 1.165) is 0 Å². The van der Waals surface area contributed by atoms with E-state index in [2.05, 4.69) is 20.6 Å². The van der Waals surface area contributed by atoms with Gasteiger partial charge in [-0.2, -0.15) is 0 Å². The van der Waals surface area contributed by atoms with Gasteiger partial charge in [-0.3, -0.25) is 9.36 Å². The van der Waals surface area contributed by atoms with Gasteiger partial charge in [-0.05, 0) is 24.3 Å². The minimum Gasteiger partial charge on any atom is -0.460 e. The van der Waals surface area contributed by atoms with Crippen molar-refractivity contribution in [3.05, 3.63) is 95.6 Å². The Labute approximate surface area is 283 Å². The second-order valence-corrected chi connectivity index (χ2v) is 11.0. The van der Waals surface area contributed by atoms with Gasteiger partial charge in [-0.15, -0.1) is 10.2 Å². The molecule has 16 nitrogen and oxygen atoms in total. The number of benzene rings is 2. The summed E-state index contributed by atoms with van der Waals surface area (Å²) in [5.74, 6) is -0.800. The van der Waals surface area contributed by atoms with Gasteiger partial charge in [-0.1, -0.05) is 46.8 Å². The van der Waals surface area contributed by atoms with Crippen molar-refractivity contribution in [1.29, 1.82) is 0 Å². The highest BCUT2D eigenvalue weighted by Gasteiger charge is 2.31. The number of hydrogen-bond acceptors (Lipinski definition) is 14. The Morgan fingerprint density at radius 2 is 0.959 bits per heavy atom. The lowest BCUT2D eigenvalue weighted by atomic mass is 9.90. The number of aromatic nitrogens is 6. The number of carbonyl (C=O) groups excluding carboxylic acids is 2. The summed E-state index contributed by atoms with van der Waals surface area (Å²) in [5.41, 5.74) is 1.12. The molecule has 2 aromatic heterocycles. The molecule has 0 aliphatic carbocycles. The third-order valence-corrected chi connectivity index (χ3v) is 7.02. The van der Waals surface area contributed by atoms with E-state index in [1.807, 2.05) is 12.1 Å². The Morgan fingerprint density at radius 1 is 0.571 bits per heavy atom. The molecule has 2 N–H and O–H groups in total. The quantitative estimate of drug-likeness (QED) is 0.0794. The van der Waals surface area contributed by atoms with E-state index in [4.69, 9.17) is 28.4 Å². The first kappa shape index (κ1) is 37.2. The van der Waals surface area contributed by atoms with Crippen molar-refractivity contribution in [3.8, 4) is 0 Å². The van der Waals surface area contributed by atoms with Gasteiger partial charge in [0, 0.05) is 0 Å². The molecule has 2 aromatic carbocycles. The third-order valence-electron chi connectivity index (χ3n) is 7.02. The normalized spacial score (nSPS) is 11.5. The molecule has 4 rings (SSSR count). The molecular formula is C33H42N6O10. The van der Waals surface area contributed by atoms with Crippen LogP contribution in [0.2, 0.25) is 0 Å². The zero-order valence-electron chi connectivity index (χ0n) is 27.2. The van der Waals surface area contributed by atoms with Crippen LogP contribution in [0.3, 0.4) is 0 Å². The van der Waals surface area contributed by atoms with E-state index < -0.39 is 17.4 Å². The minimum atomic E-state index is -0.993.